The van der Waals surface area contributed by atoms with Crippen LogP contribution in [-0.4, -0.2) is 9.13 Å². The molecule has 0 saturated carbocycles. The van der Waals surface area contributed by atoms with Crippen LogP contribution in [0.1, 0.15) is 0 Å². The van der Waals surface area contributed by atoms with Gasteiger partial charge in [0.1, 0.15) is 0 Å². The maximum absolute atomic E-state index is 14.2. The Kier molecular flexibility index (Phi) is 6.01. The van der Waals surface area contributed by atoms with Crippen molar-refractivity contribution in [1.29, 1.82) is 0 Å². The molecule has 0 atom stereocenters. The van der Waals surface area contributed by atoms with E-state index in [1.165, 1.54) is 9.13 Å². The summed E-state index contributed by atoms with van der Waals surface area (Å²) in [6.07, 6.45) is 0. The van der Waals surface area contributed by atoms with Gasteiger partial charge in [-0.25, -0.2) is 9.13 Å². The summed E-state index contributed by atoms with van der Waals surface area (Å²) in [5.41, 5.74) is 2.26. The molecule has 0 N–H and O–H groups in total. The number of aromatic nitrogens is 2. The minimum Gasteiger partial charge on any atom is -0.268 e. The standard InChI is InChI=1S/C42H24N2O4/c45-39-33-23-31-29(35(25-13-5-1-6-14-25)37(33)41(47)43(39)27-17-9-3-10-18-27)21-22-30-32(31)24-34-38(36(30)26-15-7-2-8-16-26)42(48)44(40(34)46)28-19-11-4-12-20-28/h1-24H. The van der Waals surface area contributed by atoms with Gasteiger partial charge >= 0.3 is 0 Å². The van der Waals surface area contributed by atoms with Crippen molar-refractivity contribution in [1.82, 2.24) is 9.13 Å². The van der Waals surface area contributed by atoms with Crippen molar-refractivity contribution >= 4 is 43.1 Å². The molecular weight excluding hydrogens is 596 g/mol. The number of fused-ring (bicyclic) bond motifs is 5. The lowest BCUT2D eigenvalue weighted by atomic mass is 9.87. The molecule has 6 nitrogen and oxygen atoms in total. The van der Waals surface area contributed by atoms with Gasteiger partial charge in [0.05, 0.1) is 32.9 Å². The molecule has 0 amide bonds. The van der Waals surface area contributed by atoms with E-state index in [4.69, 9.17) is 0 Å². The van der Waals surface area contributed by atoms with Gasteiger partial charge in [0.2, 0.25) is 0 Å². The van der Waals surface area contributed by atoms with Gasteiger partial charge in [0, 0.05) is 11.1 Å². The first-order chi connectivity index (χ1) is 23.5. The smallest absolute Gasteiger partial charge is 0.266 e. The van der Waals surface area contributed by atoms with Crippen LogP contribution in [-0.2, 0) is 0 Å². The van der Waals surface area contributed by atoms with Gasteiger partial charge in [-0.2, -0.15) is 0 Å². The molecule has 226 valence electrons. The molecule has 0 aliphatic heterocycles. The van der Waals surface area contributed by atoms with Crippen molar-refractivity contribution in [2.45, 2.75) is 0 Å². The molecule has 6 heteroatoms. The van der Waals surface area contributed by atoms with E-state index in [1.54, 1.807) is 60.7 Å². The molecule has 7 aromatic carbocycles. The van der Waals surface area contributed by atoms with Crippen LogP contribution in [0.25, 0.3) is 76.7 Å². The molecule has 0 aliphatic carbocycles. The van der Waals surface area contributed by atoms with Crippen molar-refractivity contribution in [2.24, 2.45) is 0 Å². The number of hydrogen-bond acceptors (Lipinski definition) is 4. The van der Waals surface area contributed by atoms with Crippen molar-refractivity contribution in [2.75, 3.05) is 0 Å². The fourth-order valence-corrected chi connectivity index (χ4v) is 7.22. The third-order valence-corrected chi connectivity index (χ3v) is 9.30. The van der Waals surface area contributed by atoms with Gasteiger partial charge in [0.15, 0.2) is 0 Å². The normalized spacial score (nSPS) is 11.7. The summed E-state index contributed by atoms with van der Waals surface area (Å²) in [6.45, 7) is 0. The zero-order valence-corrected chi connectivity index (χ0v) is 25.4. The van der Waals surface area contributed by atoms with Crippen LogP contribution >= 0.6 is 0 Å². The molecule has 0 radical (unpaired) electrons. The first-order valence-electron chi connectivity index (χ1n) is 15.6. The number of hydrogen-bond donors (Lipinski definition) is 0. The average Bonchev–Trinajstić information content (AvgIpc) is 3.54. The van der Waals surface area contributed by atoms with E-state index >= 15 is 0 Å². The predicted octanol–water partition coefficient (Wildman–Crippen LogP) is 7.53. The van der Waals surface area contributed by atoms with Gasteiger partial charge in [-0.05, 0) is 69.1 Å². The molecule has 0 spiro atoms. The number of benzene rings is 7. The van der Waals surface area contributed by atoms with Crippen LogP contribution in [0, 0.1) is 0 Å². The first kappa shape index (κ1) is 27.6. The lowest BCUT2D eigenvalue weighted by Crippen LogP contribution is -2.23. The largest absolute Gasteiger partial charge is 0.268 e. The van der Waals surface area contributed by atoms with Gasteiger partial charge in [0.25, 0.3) is 22.2 Å². The second-order valence-corrected chi connectivity index (χ2v) is 11.9. The molecule has 0 saturated heterocycles. The van der Waals surface area contributed by atoms with E-state index in [-0.39, 0.29) is 21.9 Å². The predicted molar refractivity (Wildman–Crippen MR) is 193 cm³/mol. The average molecular weight is 621 g/mol. The van der Waals surface area contributed by atoms with E-state index < -0.39 is 11.1 Å². The molecule has 9 rings (SSSR count). The number of nitrogens with zero attached hydrogens (tertiary/aromatic N) is 2. The molecule has 0 unspecified atom stereocenters. The zero-order valence-electron chi connectivity index (χ0n) is 25.4. The SMILES string of the molecule is O=c1c2cc3c(ccc4c(-c5ccccc5)c5c(=O)n(-c6ccccc6)c(=O)c5cc43)c(-c3ccccc3)c2c(=O)n1-c1ccccc1. The highest BCUT2D eigenvalue weighted by Crippen LogP contribution is 2.42. The van der Waals surface area contributed by atoms with Crippen molar-refractivity contribution < 1.29 is 0 Å². The second kappa shape index (κ2) is 10.4. The summed E-state index contributed by atoms with van der Waals surface area (Å²) in [5.74, 6) is 0. The Morgan fingerprint density at radius 2 is 0.646 bits per heavy atom. The highest BCUT2D eigenvalue weighted by atomic mass is 16.2. The molecule has 0 aliphatic rings. The molecule has 0 fully saturated rings. The van der Waals surface area contributed by atoms with Crippen LogP contribution in [0.4, 0.5) is 0 Å². The van der Waals surface area contributed by atoms with Crippen LogP contribution in [0.5, 0.6) is 0 Å². The highest BCUT2D eigenvalue weighted by molar-refractivity contribution is 6.25. The summed E-state index contributed by atoms with van der Waals surface area (Å²) in [5, 5.41) is 4.20. The quantitative estimate of drug-likeness (QED) is 0.191. The molecule has 2 heterocycles. The Labute approximate surface area is 272 Å². The summed E-state index contributed by atoms with van der Waals surface area (Å²) in [4.78, 5) is 56.6. The topological polar surface area (TPSA) is 78.1 Å². The fraction of sp³-hybridized carbons (Fsp3) is 0. The van der Waals surface area contributed by atoms with Crippen molar-refractivity contribution in [3.8, 4) is 33.6 Å². The zero-order chi connectivity index (χ0) is 32.5. The number of para-hydroxylation sites is 2. The Bertz CT molecular complexity index is 2730. The van der Waals surface area contributed by atoms with Gasteiger partial charge in [-0.1, -0.05) is 109 Å². The highest BCUT2D eigenvalue weighted by Gasteiger charge is 2.25. The number of rotatable bonds is 4. The van der Waals surface area contributed by atoms with E-state index in [0.29, 0.717) is 44.0 Å². The minimum atomic E-state index is -0.414. The molecule has 48 heavy (non-hydrogen) atoms. The third kappa shape index (κ3) is 3.86. The monoisotopic (exact) mass is 620 g/mol. The van der Waals surface area contributed by atoms with Crippen molar-refractivity contribution in [3.05, 3.63) is 187 Å². The maximum Gasteiger partial charge on any atom is 0.266 e. The van der Waals surface area contributed by atoms with Crippen LogP contribution in [0.3, 0.4) is 0 Å². The lowest BCUT2D eigenvalue weighted by molar-refractivity contribution is 0.991. The van der Waals surface area contributed by atoms with E-state index in [2.05, 4.69) is 0 Å². The van der Waals surface area contributed by atoms with Gasteiger partial charge in [-0.3, -0.25) is 19.2 Å². The van der Waals surface area contributed by atoms with Gasteiger partial charge < -0.3 is 0 Å². The summed E-state index contributed by atoms with van der Waals surface area (Å²) >= 11 is 0. The third-order valence-electron chi connectivity index (χ3n) is 9.30. The van der Waals surface area contributed by atoms with Gasteiger partial charge in [-0.15, -0.1) is 0 Å². The lowest BCUT2D eigenvalue weighted by Gasteiger charge is -2.14. The van der Waals surface area contributed by atoms with Crippen LogP contribution < -0.4 is 22.2 Å². The van der Waals surface area contributed by atoms with E-state index in [0.717, 1.165) is 21.9 Å². The van der Waals surface area contributed by atoms with Crippen LogP contribution in [0.2, 0.25) is 0 Å². The Morgan fingerprint density at radius 3 is 1.00 bits per heavy atom. The molecular formula is C42H24N2O4. The molecule has 2 aromatic heterocycles. The maximum atomic E-state index is 14.2. The Balaban J connectivity index is 1.51. The summed E-state index contributed by atoms with van der Waals surface area (Å²) < 4.78 is 2.45. The van der Waals surface area contributed by atoms with E-state index in [9.17, 15) is 19.2 Å². The first-order valence-corrected chi connectivity index (χ1v) is 15.6. The Hall–Kier alpha value is -6.66. The van der Waals surface area contributed by atoms with Crippen molar-refractivity contribution in [3.63, 3.8) is 0 Å². The van der Waals surface area contributed by atoms with Crippen LogP contribution in [0.15, 0.2) is 165 Å². The summed E-state index contributed by atoms with van der Waals surface area (Å²) in [7, 11) is 0. The molecule has 9 aromatic rings. The second-order valence-electron chi connectivity index (χ2n) is 11.9. The fourth-order valence-electron chi connectivity index (χ4n) is 7.22. The molecule has 0 bridgehead atoms. The Morgan fingerprint density at radius 1 is 0.312 bits per heavy atom. The summed E-state index contributed by atoms with van der Waals surface area (Å²) in [6, 6.07) is 44.5. The minimum absolute atomic E-state index is 0.290. The van der Waals surface area contributed by atoms with E-state index in [1.807, 2.05) is 84.9 Å².